The molecule has 4 heteroatoms. The molecule has 2 rings (SSSR count). The minimum atomic E-state index is -0.627. The lowest BCUT2D eigenvalue weighted by Gasteiger charge is -2.39. The third kappa shape index (κ3) is 4.19. The number of aliphatic carboxylic acids is 1. The van der Waals surface area contributed by atoms with Crippen LogP contribution in [-0.2, 0) is 4.79 Å². The minimum absolute atomic E-state index is 0.221. The Morgan fingerprint density at radius 1 is 1.15 bits per heavy atom. The summed E-state index contributed by atoms with van der Waals surface area (Å²) in [7, 11) is 0. The van der Waals surface area contributed by atoms with E-state index in [0.29, 0.717) is 11.5 Å². The first-order chi connectivity index (χ1) is 9.37. The Bertz CT molecular complexity index is 330. The molecule has 0 bridgehead atoms. The molecule has 1 unspecified atom stereocenters. The Morgan fingerprint density at radius 2 is 1.80 bits per heavy atom. The highest BCUT2D eigenvalue weighted by molar-refractivity contribution is 5.73. The summed E-state index contributed by atoms with van der Waals surface area (Å²) < 4.78 is 0. The normalized spacial score (nSPS) is 27.1. The van der Waals surface area contributed by atoms with E-state index in [4.69, 9.17) is 0 Å². The molecule has 2 heterocycles. The molecule has 2 aliphatic heterocycles. The Kier molecular flexibility index (Phi) is 5.08. The molecule has 2 aliphatic rings. The molecule has 0 radical (unpaired) electrons. The van der Waals surface area contributed by atoms with E-state index in [-0.39, 0.29) is 6.04 Å². The predicted octanol–water partition coefficient (Wildman–Crippen LogP) is 2.44. The van der Waals surface area contributed by atoms with Crippen molar-refractivity contribution in [3.63, 3.8) is 0 Å². The van der Waals surface area contributed by atoms with Gasteiger partial charge in [0.15, 0.2) is 0 Å². The van der Waals surface area contributed by atoms with E-state index in [1.54, 1.807) is 0 Å². The molecular weight excluding hydrogens is 252 g/mol. The fraction of sp³-hybridized carbons (Fsp3) is 0.938. The van der Waals surface area contributed by atoms with Crippen LogP contribution in [0.3, 0.4) is 0 Å². The molecule has 0 aromatic heterocycles. The molecule has 0 aromatic rings. The lowest BCUT2D eigenvalue weighted by molar-refractivity contribution is -0.143. The zero-order chi connectivity index (χ0) is 14.8. The van der Waals surface area contributed by atoms with Crippen molar-refractivity contribution in [1.82, 2.24) is 9.80 Å². The number of carboxylic acids is 1. The third-order valence-electron chi connectivity index (χ3n) is 4.78. The summed E-state index contributed by atoms with van der Waals surface area (Å²) in [5.41, 5.74) is 0.403. The average molecular weight is 282 g/mol. The first-order valence-corrected chi connectivity index (χ1v) is 8.08. The zero-order valence-corrected chi connectivity index (χ0v) is 13.3. The van der Waals surface area contributed by atoms with Crippen LogP contribution in [0.5, 0.6) is 0 Å². The minimum Gasteiger partial charge on any atom is -0.480 e. The number of nitrogens with zero attached hydrogens (tertiary/aromatic N) is 2. The fourth-order valence-corrected chi connectivity index (χ4v) is 3.46. The van der Waals surface area contributed by atoms with E-state index in [2.05, 4.69) is 30.6 Å². The number of rotatable bonds is 4. The highest BCUT2D eigenvalue weighted by Gasteiger charge is 2.36. The number of hydrogen-bond donors (Lipinski definition) is 1. The zero-order valence-electron chi connectivity index (χ0n) is 13.3. The van der Waals surface area contributed by atoms with E-state index in [0.717, 1.165) is 45.3 Å². The SMILES string of the molecule is CC(C)(C)CCN1CCC(N2CCCC2C(=O)O)CC1. The number of hydrogen-bond acceptors (Lipinski definition) is 3. The van der Waals surface area contributed by atoms with Gasteiger partial charge in [-0.1, -0.05) is 20.8 Å². The van der Waals surface area contributed by atoms with Crippen LogP contribution in [0.4, 0.5) is 0 Å². The van der Waals surface area contributed by atoms with E-state index >= 15 is 0 Å². The van der Waals surface area contributed by atoms with E-state index in [9.17, 15) is 9.90 Å². The van der Waals surface area contributed by atoms with Crippen LogP contribution in [0.1, 0.15) is 52.9 Å². The fourth-order valence-electron chi connectivity index (χ4n) is 3.46. The highest BCUT2D eigenvalue weighted by Crippen LogP contribution is 2.27. The molecule has 2 saturated heterocycles. The lowest BCUT2D eigenvalue weighted by atomic mass is 9.91. The maximum atomic E-state index is 11.3. The van der Waals surface area contributed by atoms with Crippen LogP contribution >= 0.6 is 0 Å². The van der Waals surface area contributed by atoms with Crippen LogP contribution < -0.4 is 0 Å². The second-order valence-corrected chi connectivity index (χ2v) is 7.62. The summed E-state index contributed by atoms with van der Waals surface area (Å²) in [5, 5.41) is 9.29. The number of carbonyl (C=O) groups is 1. The van der Waals surface area contributed by atoms with Gasteiger partial charge in [0.1, 0.15) is 6.04 Å². The summed E-state index contributed by atoms with van der Waals surface area (Å²) >= 11 is 0. The first-order valence-electron chi connectivity index (χ1n) is 8.08. The van der Waals surface area contributed by atoms with Crippen molar-refractivity contribution < 1.29 is 9.90 Å². The summed E-state index contributed by atoms with van der Waals surface area (Å²) in [5.74, 6) is -0.627. The molecular formula is C16H30N2O2. The van der Waals surface area contributed by atoms with Crippen LogP contribution in [-0.4, -0.2) is 59.1 Å². The summed E-state index contributed by atoms with van der Waals surface area (Å²) in [4.78, 5) is 16.1. The van der Waals surface area contributed by atoms with Crippen LogP contribution in [0, 0.1) is 5.41 Å². The van der Waals surface area contributed by atoms with Crippen LogP contribution in [0.25, 0.3) is 0 Å². The molecule has 0 aliphatic carbocycles. The van der Waals surface area contributed by atoms with Crippen molar-refractivity contribution in [3.8, 4) is 0 Å². The molecule has 1 atom stereocenters. The Morgan fingerprint density at radius 3 is 2.35 bits per heavy atom. The molecule has 20 heavy (non-hydrogen) atoms. The summed E-state index contributed by atoms with van der Waals surface area (Å²) in [6.07, 6.45) is 5.38. The maximum absolute atomic E-state index is 11.3. The topological polar surface area (TPSA) is 43.8 Å². The van der Waals surface area contributed by atoms with Gasteiger partial charge >= 0.3 is 5.97 Å². The molecule has 4 nitrogen and oxygen atoms in total. The summed E-state index contributed by atoms with van der Waals surface area (Å²) in [6.45, 7) is 11.3. The van der Waals surface area contributed by atoms with E-state index < -0.39 is 5.97 Å². The maximum Gasteiger partial charge on any atom is 0.320 e. The van der Waals surface area contributed by atoms with Gasteiger partial charge < -0.3 is 10.0 Å². The quantitative estimate of drug-likeness (QED) is 0.860. The second-order valence-electron chi connectivity index (χ2n) is 7.62. The lowest BCUT2D eigenvalue weighted by Crippen LogP contribution is -2.49. The largest absolute Gasteiger partial charge is 0.480 e. The highest BCUT2D eigenvalue weighted by atomic mass is 16.4. The van der Waals surface area contributed by atoms with Gasteiger partial charge in [0.25, 0.3) is 0 Å². The van der Waals surface area contributed by atoms with Gasteiger partial charge in [-0.2, -0.15) is 0 Å². The van der Waals surface area contributed by atoms with E-state index in [1.807, 2.05) is 0 Å². The first kappa shape index (κ1) is 15.8. The average Bonchev–Trinajstić information content (AvgIpc) is 2.85. The van der Waals surface area contributed by atoms with Crippen molar-refractivity contribution in [3.05, 3.63) is 0 Å². The van der Waals surface area contributed by atoms with Gasteiger partial charge in [-0.25, -0.2) is 0 Å². The number of likely N-dealkylation sites (tertiary alicyclic amines) is 2. The van der Waals surface area contributed by atoms with E-state index in [1.165, 1.54) is 13.0 Å². The molecule has 2 fully saturated rings. The van der Waals surface area contributed by atoms with Gasteiger partial charge in [0.05, 0.1) is 0 Å². The van der Waals surface area contributed by atoms with Crippen molar-refractivity contribution in [1.29, 1.82) is 0 Å². The van der Waals surface area contributed by atoms with Gasteiger partial charge in [-0.3, -0.25) is 9.69 Å². The second kappa shape index (κ2) is 6.44. The number of carboxylic acid groups (broad SMARTS) is 1. The van der Waals surface area contributed by atoms with Crippen molar-refractivity contribution >= 4 is 5.97 Å². The van der Waals surface area contributed by atoms with Gasteiger partial charge in [-0.05, 0) is 63.7 Å². The molecule has 1 N–H and O–H groups in total. The van der Waals surface area contributed by atoms with Crippen LogP contribution in [0.15, 0.2) is 0 Å². The standard InChI is InChI=1S/C16H30N2O2/c1-16(2,3)8-12-17-10-6-13(7-11-17)18-9-4-5-14(18)15(19)20/h13-14H,4-12H2,1-3H3,(H,19,20). The Balaban J connectivity index is 1.78. The molecule has 0 aromatic carbocycles. The summed E-state index contributed by atoms with van der Waals surface area (Å²) in [6, 6.07) is 0.269. The molecule has 0 spiro atoms. The van der Waals surface area contributed by atoms with Crippen LogP contribution in [0.2, 0.25) is 0 Å². The Labute approximate surface area is 123 Å². The molecule has 0 amide bonds. The number of piperidine rings is 1. The van der Waals surface area contributed by atoms with Crippen molar-refractivity contribution in [2.75, 3.05) is 26.2 Å². The monoisotopic (exact) mass is 282 g/mol. The van der Waals surface area contributed by atoms with Crippen molar-refractivity contribution in [2.45, 2.75) is 65.0 Å². The van der Waals surface area contributed by atoms with Gasteiger partial charge in [-0.15, -0.1) is 0 Å². The Hall–Kier alpha value is -0.610. The van der Waals surface area contributed by atoms with Gasteiger partial charge in [0.2, 0.25) is 0 Å². The van der Waals surface area contributed by atoms with Crippen molar-refractivity contribution in [2.24, 2.45) is 5.41 Å². The third-order valence-corrected chi connectivity index (χ3v) is 4.78. The predicted molar refractivity (Wildman–Crippen MR) is 80.9 cm³/mol. The molecule has 0 saturated carbocycles. The van der Waals surface area contributed by atoms with Gasteiger partial charge in [0, 0.05) is 6.04 Å². The smallest absolute Gasteiger partial charge is 0.320 e. The molecule has 116 valence electrons.